The molecule has 0 N–H and O–H groups in total. The van der Waals surface area contributed by atoms with Gasteiger partial charge in [-0.15, -0.1) is 0 Å². The number of unbranched alkanes of at least 4 members (excludes halogenated alkanes) is 1. The van der Waals surface area contributed by atoms with Gasteiger partial charge in [-0.3, -0.25) is 0 Å². The second-order valence-electron chi connectivity index (χ2n) is 3.87. The van der Waals surface area contributed by atoms with E-state index in [4.69, 9.17) is 0 Å². The normalized spacial score (nSPS) is 23.4. The molecule has 0 bridgehead atoms. The van der Waals surface area contributed by atoms with E-state index in [1.54, 1.807) is 0 Å². The molecule has 0 aromatic carbocycles. The first-order chi connectivity index (χ1) is 5.74. The molecule has 1 rings (SSSR count). The molecule has 0 aliphatic heterocycles. The van der Waals surface area contributed by atoms with Crippen molar-refractivity contribution in [1.29, 1.82) is 0 Å². The van der Waals surface area contributed by atoms with Crippen molar-refractivity contribution in [3.63, 3.8) is 0 Å². The maximum Gasteiger partial charge on any atom is -0.0193 e. The molecule has 1 aliphatic rings. The molecule has 0 saturated carbocycles. The van der Waals surface area contributed by atoms with E-state index in [9.17, 15) is 0 Å². The van der Waals surface area contributed by atoms with Crippen LogP contribution in [0.1, 0.15) is 46.5 Å². The largest absolute Gasteiger partial charge is 0.0808 e. The van der Waals surface area contributed by atoms with Crippen molar-refractivity contribution in [2.75, 3.05) is 0 Å². The van der Waals surface area contributed by atoms with E-state index in [0.29, 0.717) is 0 Å². The maximum atomic E-state index is 2.45. The predicted octanol–water partition coefficient (Wildman–Crippen LogP) is 4.09. The molecule has 0 nitrogen and oxygen atoms in total. The van der Waals surface area contributed by atoms with Crippen molar-refractivity contribution >= 4 is 0 Å². The van der Waals surface area contributed by atoms with Gasteiger partial charge in [0, 0.05) is 0 Å². The molecule has 0 heterocycles. The van der Waals surface area contributed by atoms with Gasteiger partial charge < -0.3 is 0 Å². The van der Waals surface area contributed by atoms with Crippen LogP contribution in [0.25, 0.3) is 0 Å². The summed E-state index contributed by atoms with van der Waals surface area (Å²) in [7, 11) is 0. The van der Waals surface area contributed by atoms with Crippen LogP contribution in [0.2, 0.25) is 0 Å². The SMILES string of the molecule is CCCCC1C=C(C)C(C)=CC1. The summed E-state index contributed by atoms with van der Waals surface area (Å²) in [5.41, 5.74) is 2.96. The highest BCUT2D eigenvalue weighted by atomic mass is 14.1. The molecule has 0 aromatic heterocycles. The van der Waals surface area contributed by atoms with Crippen molar-refractivity contribution in [3.05, 3.63) is 23.3 Å². The third-order valence-electron chi connectivity index (χ3n) is 2.76. The lowest BCUT2D eigenvalue weighted by Crippen LogP contribution is -2.01. The van der Waals surface area contributed by atoms with E-state index >= 15 is 0 Å². The van der Waals surface area contributed by atoms with E-state index in [0.717, 1.165) is 5.92 Å². The first-order valence-electron chi connectivity index (χ1n) is 5.09. The van der Waals surface area contributed by atoms with Crippen LogP contribution in [-0.2, 0) is 0 Å². The minimum atomic E-state index is 0.827. The van der Waals surface area contributed by atoms with Gasteiger partial charge in [-0.25, -0.2) is 0 Å². The summed E-state index contributed by atoms with van der Waals surface area (Å²) in [6.07, 6.45) is 10.2. The molecule has 0 spiro atoms. The van der Waals surface area contributed by atoms with Gasteiger partial charge in [-0.05, 0) is 32.6 Å². The standard InChI is InChI=1S/C12H20/c1-4-5-6-12-8-7-10(2)11(3)9-12/h7,9,12H,4-6,8H2,1-3H3. The summed E-state index contributed by atoms with van der Waals surface area (Å²) in [4.78, 5) is 0. The first kappa shape index (κ1) is 9.57. The Morgan fingerprint density at radius 1 is 1.33 bits per heavy atom. The second kappa shape index (κ2) is 4.49. The smallest absolute Gasteiger partial charge is 0.0193 e. The van der Waals surface area contributed by atoms with Crippen molar-refractivity contribution in [3.8, 4) is 0 Å². The van der Waals surface area contributed by atoms with Crippen LogP contribution in [0, 0.1) is 5.92 Å². The van der Waals surface area contributed by atoms with E-state index in [1.807, 2.05) is 0 Å². The fourth-order valence-corrected chi connectivity index (χ4v) is 1.71. The zero-order valence-electron chi connectivity index (χ0n) is 8.56. The molecule has 1 aliphatic carbocycles. The van der Waals surface area contributed by atoms with Crippen LogP contribution in [0.4, 0.5) is 0 Å². The molecule has 1 atom stereocenters. The lowest BCUT2D eigenvalue weighted by atomic mass is 9.89. The van der Waals surface area contributed by atoms with Gasteiger partial charge in [-0.2, -0.15) is 0 Å². The molecule has 0 radical (unpaired) electrons. The molecule has 0 heteroatoms. The van der Waals surface area contributed by atoms with Gasteiger partial charge in [0.25, 0.3) is 0 Å². The monoisotopic (exact) mass is 164 g/mol. The van der Waals surface area contributed by atoms with Gasteiger partial charge in [0.1, 0.15) is 0 Å². The minimum absolute atomic E-state index is 0.827. The Morgan fingerprint density at radius 2 is 2.08 bits per heavy atom. The Balaban J connectivity index is 2.42. The highest BCUT2D eigenvalue weighted by molar-refractivity contribution is 5.30. The number of hydrogen-bond acceptors (Lipinski definition) is 0. The summed E-state index contributed by atoms with van der Waals surface area (Å²) in [5, 5.41) is 0. The molecule has 0 aromatic rings. The third kappa shape index (κ3) is 2.51. The number of hydrogen-bond donors (Lipinski definition) is 0. The van der Waals surface area contributed by atoms with Gasteiger partial charge in [0.15, 0.2) is 0 Å². The highest BCUT2D eigenvalue weighted by Crippen LogP contribution is 2.25. The molecule has 68 valence electrons. The first-order valence-corrected chi connectivity index (χ1v) is 5.09. The summed E-state index contributed by atoms with van der Waals surface area (Å²) >= 11 is 0. The predicted molar refractivity (Wildman–Crippen MR) is 55.1 cm³/mol. The summed E-state index contributed by atoms with van der Waals surface area (Å²) in [6.45, 7) is 6.70. The van der Waals surface area contributed by atoms with Crippen LogP contribution >= 0.6 is 0 Å². The zero-order valence-corrected chi connectivity index (χ0v) is 8.56. The van der Waals surface area contributed by atoms with Gasteiger partial charge in [-0.1, -0.05) is 43.1 Å². The molecule has 0 saturated heterocycles. The van der Waals surface area contributed by atoms with E-state index in [-0.39, 0.29) is 0 Å². The van der Waals surface area contributed by atoms with Gasteiger partial charge >= 0.3 is 0 Å². The van der Waals surface area contributed by atoms with Crippen LogP contribution in [0.15, 0.2) is 23.3 Å². The molecule has 0 amide bonds. The van der Waals surface area contributed by atoms with Crippen molar-refractivity contribution in [1.82, 2.24) is 0 Å². The fourth-order valence-electron chi connectivity index (χ4n) is 1.71. The average molecular weight is 164 g/mol. The minimum Gasteiger partial charge on any atom is -0.0808 e. The second-order valence-corrected chi connectivity index (χ2v) is 3.87. The Hall–Kier alpha value is -0.520. The van der Waals surface area contributed by atoms with E-state index in [2.05, 4.69) is 32.9 Å². The Labute approximate surface area is 76.4 Å². The number of rotatable bonds is 3. The molecule has 1 unspecified atom stereocenters. The Kier molecular flexibility index (Phi) is 3.58. The summed E-state index contributed by atoms with van der Waals surface area (Å²) in [6, 6.07) is 0. The Bertz CT molecular complexity index is 196. The van der Waals surface area contributed by atoms with E-state index < -0.39 is 0 Å². The molecule has 12 heavy (non-hydrogen) atoms. The zero-order chi connectivity index (χ0) is 8.97. The fraction of sp³-hybridized carbons (Fsp3) is 0.667. The third-order valence-corrected chi connectivity index (χ3v) is 2.76. The number of allylic oxidation sites excluding steroid dienone is 4. The average Bonchev–Trinajstić information content (AvgIpc) is 2.07. The van der Waals surface area contributed by atoms with Gasteiger partial charge in [0.05, 0.1) is 0 Å². The van der Waals surface area contributed by atoms with Crippen LogP contribution in [-0.4, -0.2) is 0 Å². The lowest BCUT2D eigenvalue weighted by Gasteiger charge is -2.17. The summed E-state index contributed by atoms with van der Waals surface area (Å²) < 4.78 is 0. The van der Waals surface area contributed by atoms with Crippen LogP contribution < -0.4 is 0 Å². The van der Waals surface area contributed by atoms with Crippen LogP contribution in [0.5, 0.6) is 0 Å². The van der Waals surface area contributed by atoms with Crippen molar-refractivity contribution in [2.45, 2.75) is 46.5 Å². The summed E-state index contributed by atoms with van der Waals surface area (Å²) in [5.74, 6) is 0.827. The molecular weight excluding hydrogens is 144 g/mol. The topological polar surface area (TPSA) is 0 Å². The molecular formula is C12H20. The van der Waals surface area contributed by atoms with Gasteiger partial charge in [0.2, 0.25) is 0 Å². The van der Waals surface area contributed by atoms with Crippen molar-refractivity contribution < 1.29 is 0 Å². The maximum absolute atomic E-state index is 2.45. The molecule has 0 fully saturated rings. The van der Waals surface area contributed by atoms with E-state index in [1.165, 1.54) is 36.8 Å². The van der Waals surface area contributed by atoms with Crippen molar-refractivity contribution in [2.24, 2.45) is 5.92 Å². The van der Waals surface area contributed by atoms with Crippen LogP contribution in [0.3, 0.4) is 0 Å². The Morgan fingerprint density at radius 3 is 2.67 bits per heavy atom. The highest BCUT2D eigenvalue weighted by Gasteiger charge is 2.09. The quantitative estimate of drug-likeness (QED) is 0.589. The lowest BCUT2D eigenvalue weighted by molar-refractivity contribution is 0.552.